The van der Waals surface area contributed by atoms with E-state index in [-0.39, 0.29) is 15.8 Å². The Hall–Kier alpha value is -1.01. The van der Waals surface area contributed by atoms with Crippen molar-refractivity contribution < 1.29 is 0 Å². The lowest BCUT2D eigenvalue weighted by Gasteiger charge is -2.40. The topological polar surface area (TPSA) is 64.2 Å². The molecule has 21 heavy (non-hydrogen) atoms. The number of thioether (sulfide) groups is 1. The van der Waals surface area contributed by atoms with Crippen molar-refractivity contribution >= 4 is 17.6 Å². The number of hydrogen-bond donors (Lipinski definition) is 1. The van der Waals surface area contributed by atoms with Crippen molar-refractivity contribution in [3.8, 4) is 0 Å². The molecule has 0 spiro atoms. The fraction of sp³-hybridized carbons (Fsp3) is 0.733. The second kappa shape index (κ2) is 6.01. The molecule has 2 heterocycles. The number of rotatable bonds is 3. The van der Waals surface area contributed by atoms with Crippen molar-refractivity contribution in [2.45, 2.75) is 43.9 Å². The van der Waals surface area contributed by atoms with Gasteiger partial charge in [0.15, 0.2) is 5.82 Å². The number of anilines is 1. The smallest absolute Gasteiger partial charge is 0.293 e. The minimum atomic E-state index is -0.231. The van der Waals surface area contributed by atoms with Crippen molar-refractivity contribution in [1.29, 1.82) is 0 Å². The third kappa shape index (κ3) is 3.26. The van der Waals surface area contributed by atoms with E-state index in [0.29, 0.717) is 12.4 Å². The van der Waals surface area contributed by atoms with Crippen LogP contribution < -0.4 is 16.2 Å². The fourth-order valence-electron chi connectivity index (χ4n) is 2.76. The van der Waals surface area contributed by atoms with E-state index in [0.717, 1.165) is 25.9 Å². The van der Waals surface area contributed by atoms with Crippen LogP contribution in [0.3, 0.4) is 0 Å². The van der Waals surface area contributed by atoms with Gasteiger partial charge in [-0.05, 0) is 39.9 Å². The highest BCUT2D eigenvalue weighted by molar-refractivity contribution is 8.00. The molecule has 0 bridgehead atoms. The highest BCUT2D eigenvalue weighted by Crippen LogP contribution is 2.34. The van der Waals surface area contributed by atoms with Gasteiger partial charge in [-0.3, -0.25) is 4.79 Å². The number of hydrogen-bond acceptors (Lipinski definition) is 5. The molecule has 1 aliphatic rings. The van der Waals surface area contributed by atoms with Gasteiger partial charge in [-0.1, -0.05) is 0 Å². The van der Waals surface area contributed by atoms with Gasteiger partial charge in [0.1, 0.15) is 0 Å². The van der Waals surface area contributed by atoms with E-state index >= 15 is 0 Å². The minimum absolute atomic E-state index is 0.00519. The van der Waals surface area contributed by atoms with Gasteiger partial charge in [-0.25, -0.2) is 4.98 Å². The first-order valence-corrected chi connectivity index (χ1v) is 8.64. The van der Waals surface area contributed by atoms with E-state index in [2.05, 4.69) is 16.1 Å². The zero-order valence-corrected chi connectivity index (χ0v) is 14.2. The summed E-state index contributed by atoms with van der Waals surface area (Å²) in [6.07, 6.45) is 7.60. The third-order valence-electron chi connectivity index (χ3n) is 4.32. The molecule has 0 aliphatic carbocycles. The number of nitrogens with zero attached hydrogens (tertiary/aromatic N) is 3. The third-order valence-corrected chi connectivity index (χ3v) is 5.77. The van der Waals surface area contributed by atoms with Crippen LogP contribution >= 0.6 is 11.8 Å². The maximum absolute atomic E-state index is 12.6. The molecule has 1 aliphatic heterocycles. The molecule has 118 valence electrons. The van der Waals surface area contributed by atoms with Gasteiger partial charge in [0, 0.05) is 42.3 Å². The molecule has 0 atom stereocenters. The highest BCUT2D eigenvalue weighted by Gasteiger charge is 2.34. The van der Waals surface area contributed by atoms with Gasteiger partial charge >= 0.3 is 0 Å². The standard InChI is InChI=1S/C15H26N4OS/c1-14(2,3)19-10-7-17-12(13(19)20)18-8-5-15(11-16,21-4)6-9-18/h7,10H,5-6,8-9,11,16H2,1-4H3. The second-order valence-electron chi connectivity index (χ2n) is 6.68. The normalized spacial score (nSPS) is 18.8. The Morgan fingerprint density at radius 1 is 1.38 bits per heavy atom. The molecular formula is C15H26N4OS. The molecule has 0 radical (unpaired) electrons. The first-order chi connectivity index (χ1) is 9.83. The predicted molar refractivity (Wildman–Crippen MR) is 90.2 cm³/mol. The zero-order chi connectivity index (χ0) is 15.7. The SMILES string of the molecule is CSC1(CN)CCN(c2nccn(C(C)(C)C)c2=O)CC1. The Balaban J connectivity index is 2.24. The summed E-state index contributed by atoms with van der Waals surface area (Å²) in [5.41, 5.74) is 5.69. The molecule has 1 fully saturated rings. The molecule has 0 unspecified atom stereocenters. The summed E-state index contributed by atoms with van der Waals surface area (Å²) in [6, 6.07) is 0. The van der Waals surface area contributed by atoms with E-state index in [1.807, 2.05) is 32.5 Å². The molecule has 0 amide bonds. The summed E-state index contributed by atoms with van der Waals surface area (Å²) in [5.74, 6) is 0.569. The number of aromatic nitrogens is 2. The van der Waals surface area contributed by atoms with E-state index in [1.54, 1.807) is 17.0 Å². The molecule has 2 N–H and O–H groups in total. The first kappa shape index (κ1) is 16.4. The summed E-state index contributed by atoms with van der Waals surface area (Å²) in [6.45, 7) is 8.46. The predicted octanol–water partition coefficient (Wildman–Crippen LogP) is 1.66. The van der Waals surface area contributed by atoms with E-state index in [1.165, 1.54) is 0 Å². The largest absolute Gasteiger partial charge is 0.352 e. The number of piperidine rings is 1. The molecule has 1 aromatic rings. The lowest BCUT2D eigenvalue weighted by molar-refractivity contribution is 0.380. The molecular weight excluding hydrogens is 284 g/mol. The first-order valence-electron chi connectivity index (χ1n) is 7.41. The van der Waals surface area contributed by atoms with E-state index in [9.17, 15) is 4.79 Å². The van der Waals surface area contributed by atoms with Gasteiger partial charge in [-0.2, -0.15) is 11.8 Å². The van der Waals surface area contributed by atoms with Crippen molar-refractivity contribution in [2.24, 2.45) is 5.73 Å². The Bertz CT molecular complexity index is 535. The van der Waals surface area contributed by atoms with Gasteiger partial charge in [0.25, 0.3) is 5.56 Å². The van der Waals surface area contributed by atoms with Crippen LogP contribution in [0.1, 0.15) is 33.6 Å². The van der Waals surface area contributed by atoms with Gasteiger partial charge in [-0.15, -0.1) is 0 Å². The maximum atomic E-state index is 12.6. The Morgan fingerprint density at radius 2 is 2.00 bits per heavy atom. The highest BCUT2D eigenvalue weighted by atomic mass is 32.2. The quantitative estimate of drug-likeness (QED) is 0.920. The van der Waals surface area contributed by atoms with Crippen LogP contribution in [-0.4, -0.2) is 40.2 Å². The van der Waals surface area contributed by atoms with Gasteiger partial charge in [0.2, 0.25) is 0 Å². The van der Waals surface area contributed by atoms with Crippen LogP contribution in [0.15, 0.2) is 17.2 Å². The van der Waals surface area contributed by atoms with Crippen LogP contribution in [-0.2, 0) is 5.54 Å². The van der Waals surface area contributed by atoms with Crippen molar-refractivity contribution in [1.82, 2.24) is 9.55 Å². The molecule has 0 saturated carbocycles. The lowest BCUT2D eigenvalue weighted by atomic mass is 9.96. The summed E-state index contributed by atoms with van der Waals surface area (Å²) in [4.78, 5) is 19.1. The van der Waals surface area contributed by atoms with Gasteiger partial charge in [0.05, 0.1) is 0 Å². The van der Waals surface area contributed by atoms with Crippen molar-refractivity contribution in [3.63, 3.8) is 0 Å². The lowest BCUT2D eigenvalue weighted by Crippen LogP contribution is -2.49. The van der Waals surface area contributed by atoms with Crippen LogP contribution in [0.5, 0.6) is 0 Å². The summed E-state index contributed by atoms with van der Waals surface area (Å²) in [7, 11) is 0. The Labute approximate surface area is 130 Å². The molecule has 1 aromatic heterocycles. The average Bonchev–Trinajstić information content (AvgIpc) is 2.46. The van der Waals surface area contributed by atoms with Gasteiger partial charge < -0.3 is 15.2 Å². The minimum Gasteiger partial charge on any atom is -0.352 e. The second-order valence-corrected chi connectivity index (χ2v) is 7.95. The molecule has 5 nitrogen and oxygen atoms in total. The monoisotopic (exact) mass is 310 g/mol. The van der Waals surface area contributed by atoms with E-state index < -0.39 is 0 Å². The zero-order valence-electron chi connectivity index (χ0n) is 13.4. The van der Waals surface area contributed by atoms with Crippen LogP contribution in [0.4, 0.5) is 5.82 Å². The Kier molecular flexibility index (Phi) is 4.68. The van der Waals surface area contributed by atoms with Crippen LogP contribution in [0.2, 0.25) is 0 Å². The van der Waals surface area contributed by atoms with E-state index in [4.69, 9.17) is 5.73 Å². The van der Waals surface area contributed by atoms with Crippen molar-refractivity contribution in [3.05, 3.63) is 22.7 Å². The summed E-state index contributed by atoms with van der Waals surface area (Å²) >= 11 is 1.85. The molecule has 2 rings (SSSR count). The summed E-state index contributed by atoms with van der Waals surface area (Å²) < 4.78 is 1.92. The molecule has 1 saturated heterocycles. The average molecular weight is 310 g/mol. The summed E-state index contributed by atoms with van der Waals surface area (Å²) in [5, 5.41) is 0. The maximum Gasteiger partial charge on any atom is 0.293 e. The molecule has 6 heteroatoms. The Morgan fingerprint density at radius 3 is 2.48 bits per heavy atom. The van der Waals surface area contributed by atoms with Crippen molar-refractivity contribution in [2.75, 3.05) is 30.8 Å². The number of nitrogens with two attached hydrogens (primary N) is 1. The fourth-order valence-corrected chi connectivity index (χ4v) is 3.52. The van der Waals surface area contributed by atoms with Crippen LogP contribution in [0, 0.1) is 0 Å². The van der Waals surface area contributed by atoms with Crippen LogP contribution in [0.25, 0.3) is 0 Å². The molecule has 0 aromatic carbocycles.